The van der Waals surface area contributed by atoms with Gasteiger partial charge in [0.15, 0.2) is 0 Å². The van der Waals surface area contributed by atoms with Gasteiger partial charge in [-0.3, -0.25) is 0 Å². The molecule has 2 N–H and O–H groups in total. The third-order valence-corrected chi connectivity index (χ3v) is 2.24. The molecule has 0 aliphatic rings. The number of nitrogens with two attached hydrogens (primary N) is 1. The summed E-state index contributed by atoms with van der Waals surface area (Å²) in [6.07, 6.45) is 0. The molecule has 0 atom stereocenters. The monoisotopic (exact) mass is 233 g/mol. The van der Waals surface area contributed by atoms with E-state index in [0.717, 1.165) is 0 Å². The van der Waals surface area contributed by atoms with Gasteiger partial charge < -0.3 is 15.2 Å². The smallest absolute Gasteiger partial charge is 0.145 e. The molecule has 2 aromatic rings. The lowest BCUT2D eigenvalue weighted by Gasteiger charge is -2.09. The zero-order valence-corrected chi connectivity index (χ0v) is 9.31. The maximum atomic E-state index is 13.0. The zero-order chi connectivity index (χ0) is 12.3. The second-order valence-corrected chi connectivity index (χ2v) is 3.46. The molecular weight excluding hydrogens is 221 g/mol. The van der Waals surface area contributed by atoms with Crippen LogP contribution in [0.4, 0.5) is 10.1 Å². The Labute approximate surface area is 98.6 Å². The molecule has 0 radical (unpaired) electrons. The van der Waals surface area contributed by atoms with E-state index in [1.54, 1.807) is 30.3 Å². The molecule has 17 heavy (non-hydrogen) atoms. The Balaban J connectivity index is 2.24. The average molecular weight is 233 g/mol. The first-order valence-corrected chi connectivity index (χ1v) is 5.06. The van der Waals surface area contributed by atoms with Crippen molar-refractivity contribution in [1.29, 1.82) is 0 Å². The summed E-state index contributed by atoms with van der Waals surface area (Å²) < 4.78 is 23.5. The molecule has 0 saturated heterocycles. The summed E-state index contributed by atoms with van der Waals surface area (Å²) in [5.74, 6) is 1.15. The van der Waals surface area contributed by atoms with Crippen molar-refractivity contribution >= 4 is 5.69 Å². The van der Waals surface area contributed by atoms with Crippen LogP contribution in [-0.2, 0) is 0 Å². The first-order chi connectivity index (χ1) is 8.19. The molecule has 0 saturated carbocycles. The predicted molar refractivity (Wildman–Crippen MR) is 63.9 cm³/mol. The van der Waals surface area contributed by atoms with Crippen LogP contribution < -0.4 is 15.2 Å². The Bertz CT molecular complexity index is 529. The highest BCUT2D eigenvalue weighted by Crippen LogP contribution is 2.29. The minimum Gasteiger partial charge on any atom is -0.494 e. The van der Waals surface area contributed by atoms with Crippen molar-refractivity contribution in [2.45, 2.75) is 0 Å². The van der Waals surface area contributed by atoms with Crippen molar-refractivity contribution in [2.75, 3.05) is 12.8 Å². The lowest BCUT2D eigenvalue weighted by atomic mass is 10.3. The van der Waals surface area contributed by atoms with Crippen LogP contribution >= 0.6 is 0 Å². The van der Waals surface area contributed by atoms with E-state index in [1.165, 1.54) is 19.2 Å². The molecule has 4 heteroatoms. The van der Waals surface area contributed by atoms with Gasteiger partial charge in [-0.05, 0) is 24.3 Å². The Morgan fingerprint density at radius 3 is 2.53 bits per heavy atom. The van der Waals surface area contributed by atoms with Gasteiger partial charge in [0.2, 0.25) is 0 Å². The summed E-state index contributed by atoms with van der Waals surface area (Å²) in [6.45, 7) is 0. The van der Waals surface area contributed by atoms with Crippen LogP contribution in [0, 0.1) is 5.82 Å². The maximum Gasteiger partial charge on any atom is 0.145 e. The molecule has 0 heterocycles. The van der Waals surface area contributed by atoms with Crippen LogP contribution in [0.15, 0.2) is 42.5 Å². The van der Waals surface area contributed by atoms with Gasteiger partial charge in [0.25, 0.3) is 0 Å². The zero-order valence-electron chi connectivity index (χ0n) is 9.31. The van der Waals surface area contributed by atoms with Crippen LogP contribution in [0.25, 0.3) is 0 Å². The molecule has 3 nitrogen and oxygen atoms in total. The molecule has 0 bridgehead atoms. The Hall–Kier alpha value is -2.23. The molecule has 0 unspecified atom stereocenters. The Morgan fingerprint density at radius 1 is 1.06 bits per heavy atom. The third-order valence-electron chi connectivity index (χ3n) is 2.24. The van der Waals surface area contributed by atoms with E-state index in [0.29, 0.717) is 22.9 Å². The van der Waals surface area contributed by atoms with Gasteiger partial charge in [0, 0.05) is 12.1 Å². The van der Waals surface area contributed by atoms with Crippen LogP contribution in [0.2, 0.25) is 0 Å². The highest BCUT2D eigenvalue weighted by Gasteiger charge is 2.03. The standard InChI is InChI=1S/C13H12FNO2/c1-16-13-8-11(5-6-12(13)15)17-10-4-2-3-9(14)7-10/h2-8H,15H2,1H3. The lowest BCUT2D eigenvalue weighted by molar-refractivity contribution is 0.411. The van der Waals surface area contributed by atoms with Gasteiger partial charge in [0.1, 0.15) is 23.1 Å². The topological polar surface area (TPSA) is 44.5 Å². The number of hydrogen-bond donors (Lipinski definition) is 1. The van der Waals surface area contributed by atoms with Gasteiger partial charge in [-0.1, -0.05) is 6.07 Å². The molecule has 0 spiro atoms. The highest BCUT2D eigenvalue weighted by molar-refractivity contribution is 5.56. The largest absolute Gasteiger partial charge is 0.494 e. The predicted octanol–water partition coefficient (Wildman–Crippen LogP) is 3.21. The van der Waals surface area contributed by atoms with Crippen LogP contribution in [-0.4, -0.2) is 7.11 Å². The van der Waals surface area contributed by atoms with Gasteiger partial charge in [-0.25, -0.2) is 4.39 Å². The summed E-state index contributed by atoms with van der Waals surface area (Å²) >= 11 is 0. The summed E-state index contributed by atoms with van der Waals surface area (Å²) in [7, 11) is 1.53. The molecule has 0 fully saturated rings. The summed E-state index contributed by atoms with van der Waals surface area (Å²) in [5.41, 5.74) is 6.20. The summed E-state index contributed by atoms with van der Waals surface area (Å²) in [4.78, 5) is 0. The minimum absolute atomic E-state index is 0.343. The molecule has 0 aromatic heterocycles. The van der Waals surface area contributed by atoms with Gasteiger partial charge in [-0.2, -0.15) is 0 Å². The van der Waals surface area contributed by atoms with E-state index in [-0.39, 0.29) is 5.82 Å². The molecule has 2 rings (SSSR count). The van der Waals surface area contributed by atoms with E-state index in [1.807, 2.05) is 0 Å². The second kappa shape index (κ2) is 4.74. The van der Waals surface area contributed by atoms with Crippen molar-refractivity contribution in [1.82, 2.24) is 0 Å². The van der Waals surface area contributed by atoms with E-state index >= 15 is 0 Å². The van der Waals surface area contributed by atoms with Crippen molar-refractivity contribution in [2.24, 2.45) is 0 Å². The molecule has 2 aromatic carbocycles. The van der Waals surface area contributed by atoms with E-state index in [4.69, 9.17) is 15.2 Å². The number of ether oxygens (including phenoxy) is 2. The average Bonchev–Trinajstić information content (AvgIpc) is 2.32. The number of halogens is 1. The number of rotatable bonds is 3. The fourth-order valence-corrected chi connectivity index (χ4v) is 1.42. The minimum atomic E-state index is -0.343. The van der Waals surface area contributed by atoms with Crippen molar-refractivity contribution in [3.05, 3.63) is 48.3 Å². The number of hydrogen-bond acceptors (Lipinski definition) is 3. The number of anilines is 1. The van der Waals surface area contributed by atoms with E-state index in [2.05, 4.69) is 0 Å². The molecule has 0 aliphatic heterocycles. The number of benzene rings is 2. The van der Waals surface area contributed by atoms with Crippen LogP contribution in [0.5, 0.6) is 17.2 Å². The van der Waals surface area contributed by atoms with Crippen LogP contribution in [0.3, 0.4) is 0 Å². The van der Waals surface area contributed by atoms with Crippen LogP contribution in [0.1, 0.15) is 0 Å². The molecule has 88 valence electrons. The lowest BCUT2D eigenvalue weighted by Crippen LogP contribution is -1.93. The van der Waals surface area contributed by atoms with Crippen molar-refractivity contribution < 1.29 is 13.9 Å². The summed E-state index contributed by atoms with van der Waals surface area (Å²) in [5, 5.41) is 0. The third kappa shape index (κ3) is 2.66. The Morgan fingerprint density at radius 2 is 1.82 bits per heavy atom. The van der Waals surface area contributed by atoms with E-state index < -0.39 is 0 Å². The normalized spacial score (nSPS) is 10.0. The number of nitrogen functional groups attached to an aromatic ring is 1. The quantitative estimate of drug-likeness (QED) is 0.828. The first-order valence-electron chi connectivity index (χ1n) is 5.06. The summed E-state index contributed by atoms with van der Waals surface area (Å²) in [6, 6.07) is 10.9. The molecule has 0 aliphatic carbocycles. The fraction of sp³-hybridized carbons (Fsp3) is 0.0769. The Kier molecular flexibility index (Phi) is 3.14. The maximum absolute atomic E-state index is 13.0. The highest BCUT2D eigenvalue weighted by atomic mass is 19.1. The molecule has 0 amide bonds. The first kappa shape index (κ1) is 11.3. The fourth-order valence-electron chi connectivity index (χ4n) is 1.42. The van der Waals surface area contributed by atoms with Gasteiger partial charge in [-0.15, -0.1) is 0 Å². The SMILES string of the molecule is COc1cc(Oc2cccc(F)c2)ccc1N. The van der Waals surface area contributed by atoms with Crippen molar-refractivity contribution in [3.8, 4) is 17.2 Å². The van der Waals surface area contributed by atoms with Crippen molar-refractivity contribution in [3.63, 3.8) is 0 Å². The van der Waals surface area contributed by atoms with Gasteiger partial charge in [0.05, 0.1) is 12.8 Å². The van der Waals surface area contributed by atoms with Gasteiger partial charge >= 0.3 is 0 Å². The second-order valence-electron chi connectivity index (χ2n) is 3.46. The molecular formula is C13H12FNO2. The number of methoxy groups -OCH3 is 1. The van der Waals surface area contributed by atoms with E-state index in [9.17, 15) is 4.39 Å².